The second-order valence-electron chi connectivity index (χ2n) is 2.84. The van der Waals surface area contributed by atoms with Crippen LogP contribution in [-0.4, -0.2) is 16.1 Å². The standard InChI is InChI=1S/C10H10N2O/c1-2-12-10-6-4-3-5-8(10)9(7-13)11-12/h3-7H,2H2,1H3. The van der Waals surface area contributed by atoms with E-state index in [1.807, 2.05) is 35.9 Å². The molecule has 0 amide bonds. The van der Waals surface area contributed by atoms with E-state index in [0.717, 1.165) is 23.7 Å². The average Bonchev–Trinajstić information content (AvgIpc) is 2.56. The van der Waals surface area contributed by atoms with Gasteiger partial charge in [-0.2, -0.15) is 5.10 Å². The van der Waals surface area contributed by atoms with Gasteiger partial charge in [-0.3, -0.25) is 9.48 Å². The molecule has 3 heteroatoms. The van der Waals surface area contributed by atoms with Crippen LogP contribution in [0.25, 0.3) is 10.9 Å². The summed E-state index contributed by atoms with van der Waals surface area (Å²) in [6, 6.07) is 7.75. The smallest absolute Gasteiger partial charge is 0.170 e. The molecule has 0 bridgehead atoms. The molecule has 0 aliphatic heterocycles. The van der Waals surface area contributed by atoms with Crippen molar-refractivity contribution in [2.75, 3.05) is 0 Å². The van der Waals surface area contributed by atoms with Crippen molar-refractivity contribution in [2.24, 2.45) is 0 Å². The second-order valence-corrected chi connectivity index (χ2v) is 2.84. The lowest BCUT2D eigenvalue weighted by Gasteiger charge is -1.95. The number of hydrogen-bond acceptors (Lipinski definition) is 2. The van der Waals surface area contributed by atoms with Crippen molar-refractivity contribution in [3.8, 4) is 0 Å². The molecule has 0 aliphatic rings. The SMILES string of the molecule is CCn1nc(C=O)c2ccccc21. The molecule has 66 valence electrons. The molecule has 0 saturated carbocycles. The zero-order valence-corrected chi connectivity index (χ0v) is 7.40. The molecule has 0 unspecified atom stereocenters. The molecule has 2 rings (SSSR count). The number of carbonyl (C=O) groups is 1. The van der Waals surface area contributed by atoms with Gasteiger partial charge in [-0.1, -0.05) is 18.2 Å². The first-order chi connectivity index (χ1) is 6.36. The molecule has 1 heterocycles. The Morgan fingerprint density at radius 3 is 2.92 bits per heavy atom. The summed E-state index contributed by atoms with van der Waals surface area (Å²) >= 11 is 0. The van der Waals surface area contributed by atoms with Gasteiger partial charge in [0, 0.05) is 11.9 Å². The summed E-state index contributed by atoms with van der Waals surface area (Å²) in [6.07, 6.45) is 0.800. The third-order valence-electron chi connectivity index (χ3n) is 2.10. The maximum absolute atomic E-state index is 10.7. The molecule has 0 spiro atoms. The lowest BCUT2D eigenvalue weighted by Crippen LogP contribution is -1.96. The number of fused-ring (bicyclic) bond motifs is 1. The zero-order valence-electron chi connectivity index (χ0n) is 7.40. The molecular weight excluding hydrogens is 164 g/mol. The predicted molar refractivity (Wildman–Crippen MR) is 50.8 cm³/mol. The van der Waals surface area contributed by atoms with Crippen molar-refractivity contribution >= 4 is 17.2 Å². The summed E-state index contributed by atoms with van der Waals surface area (Å²) in [7, 11) is 0. The maximum atomic E-state index is 10.7. The quantitative estimate of drug-likeness (QED) is 0.651. The fraction of sp³-hybridized carbons (Fsp3) is 0.200. The van der Waals surface area contributed by atoms with Crippen LogP contribution in [0.3, 0.4) is 0 Å². The van der Waals surface area contributed by atoms with Crippen molar-refractivity contribution in [3.05, 3.63) is 30.0 Å². The van der Waals surface area contributed by atoms with Crippen LogP contribution in [0.2, 0.25) is 0 Å². The zero-order chi connectivity index (χ0) is 9.26. The minimum Gasteiger partial charge on any atom is -0.296 e. The first kappa shape index (κ1) is 7.98. The van der Waals surface area contributed by atoms with Gasteiger partial charge in [-0.15, -0.1) is 0 Å². The summed E-state index contributed by atoms with van der Waals surface area (Å²) in [5, 5.41) is 5.10. The normalized spacial score (nSPS) is 10.5. The monoisotopic (exact) mass is 174 g/mol. The summed E-state index contributed by atoms with van der Waals surface area (Å²) in [6.45, 7) is 2.79. The van der Waals surface area contributed by atoms with Gasteiger partial charge in [0.15, 0.2) is 6.29 Å². The number of benzene rings is 1. The van der Waals surface area contributed by atoms with E-state index in [0.29, 0.717) is 5.69 Å². The van der Waals surface area contributed by atoms with Gasteiger partial charge in [0.2, 0.25) is 0 Å². The van der Waals surface area contributed by atoms with Crippen LogP contribution in [0.15, 0.2) is 24.3 Å². The minimum absolute atomic E-state index is 0.525. The third-order valence-corrected chi connectivity index (χ3v) is 2.10. The Labute approximate surface area is 76.0 Å². The highest BCUT2D eigenvalue weighted by Crippen LogP contribution is 2.16. The Hall–Kier alpha value is -1.64. The van der Waals surface area contributed by atoms with E-state index in [4.69, 9.17) is 0 Å². The van der Waals surface area contributed by atoms with Gasteiger partial charge in [0.05, 0.1) is 5.52 Å². The van der Waals surface area contributed by atoms with E-state index >= 15 is 0 Å². The number of carbonyl (C=O) groups excluding carboxylic acids is 1. The number of aromatic nitrogens is 2. The predicted octanol–water partition coefficient (Wildman–Crippen LogP) is 1.87. The summed E-state index contributed by atoms with van der Waals surface area (Å²) < 4.78 is 1.83. The minimum atomic E-state index is 0.525. The van der Waals surface area contributed by atoms with E-state index in [2.05, 4.69) is 5.10 Å². The fourth-order valence-electron chi connectivity index (χ4n) is 1.48. The Morgan fingerprint density at radius 1 is 1.46 bits per heavy atom. The van der Waals surface area contributed by atoms with Crippen molar-refractivity contribution < 1.29 is 4.79 Å². The number of aryl methyl sites for hydroxylation is 1. The molecule has 0 saturated heterocycles. The lowest BCUT2D eigenvalue weighted by atomic mass is 10.2. The largest absolute Gasteiger partial charge is 0.296 e. The van der Waals surface area contributed by atoms with Crippen molar-refractivity contribution in [3.63, 3.8) is 0 Å². The van der Waals surface area contributed by atoms with E-state index in [-0.39, 0.29) is 0 Å². The molecular formula is C10H10N2O. The molecule has 0 radical (unpaired) electrons. The van der Waals surface area contributed by atoms with Gasteiger partial charge >= 0.3 is 0 Å². The molecule has 1 aromatic carbocycles. The molecule has 0 aliphatic carbocycles. The van der Waals surface area contributed by atoms with Crippen LogP contribution in [0.5, 0.6) is 0 Å². The van der Waals surface area contributed by atoms with Gasteiger partial charge in [-0.05, 0) is 13.0 Å². The first-order valence-corrected chi connectivity index (χ1v) is 4.27. The number of nitrogens with zero attached hydrogens (tertiary/aromatic N) is 2. The Morgan fingerprint density at radius 2 is 2.23 bits per heavy atom. The van der Waals surface area contributed by atoms with Gasteiger partial charge in [0.1, 0.15) is 5.69 Å². The molecule has 2 aromatic rings. The molecule has 1 aromatic heterocycles. The Kier molecular flexibility index (Phi) is 1.85. The van der Waals surface area contributed by atoms with Crippen LogP contribution < -0.4 is 0 Å². The highest BCUT2D eigenvalue weighted by atomic mass is 16.1. The summed E-state index contributed by atoms with van der Waals surface area (Å²) in [5.41, 5.74) is 1.55. The van der Waals surface area contributed by atoms with Crippen LogP contribution in [0.4, 0.5) is 0 Å². The van der Waals surface area contributed by atoms with Gasteiger partial charge in [0.25, 0.3) is 0 Å². The summed E-state index contributed by atoms with van der Waals surface area (Å²) in [4.78, 5) is 10.7. The van der Waals surface area contributed by atoms with Crippen LogP contribution >= 0.6 is 0 Å². The van der Waals surface area contributed by atoms with Crippen molar-refractivity contribution in [1.29, 1.82) is 0 Å². The Balaban J connectivity index is 2.81. The molecule has 3 nitrogen and oxygen atoms in total. The van der Waals surface area contributed by atoms with Crippen molar-refractivity contribution in [2.45, 2.75) is 13.5 Å². The first-order valence-electron chi connectivity index (χ1n) is 4.27. The fourth-order valence-corrected chi connectivity index (χ4v) is 1.48. The van der Waals surface area contributed by atoms with Crippen LogP contribution in [0, 0.1) is 0 Å². The van der Waals surface area contributed by atoms with Crippen LogP contribution in [0.1, 0.15) is 17.4 Å². The van der Waals surface area contributed by atoms with Crippen LogP contribution in [-0.2, 0) is 6.54 Å². The Bertz CT molecular complexity index is 445. The van der Waals surface area contributed by atoms with E-state index in [9.17, 15) is 4.79 Å². The molecule has 0 fully saturated rings. The highest BCUT2D eigenvalue weighted by molar-refractivity contribution is 5.95. The molecule has 13 heavy (non-hydrogen) atoms. The second kappa shape index (κ2) is 3.01. The average molecular weight is 174 g/mol. The van der Waals surface area contributed by atoms with E-state index < -0.39 is 0 Å². The number of aldehydes is 1. The molecule has 0 atom stereocenters. The number of rotatable bonds is 2. The number of para-hydroxylation sites is 1. The lowest BCUT2D eigenvalue weighted by molar-refractivity contribution is 0.111. The van der Waals surface area contributed by atoms with Gasteiger partial charge < -0.3 is 0 Å². The van der Waals surface area contributed by atoms with E-state index in [1.165, 1.54) is 0 Å². The highest BCUT2D eigenvalue weighted by Gasteiger charge is 2.06. The van der Waals surface area contributed by atoms with Gasteiger partial charge in [-0.25, -0.2) is 0 Å². The number of hydrogen-bond donors (Lipinski definition) is 0. The van der Waals surface area contributed by atoms with E-state index in [1.54, 1.807) is 0 Å². The third kappa shape index (κ3) is 1.13. The maximum Gasteiger partial charge on any atom is 0.170 e. The van der Waals surface area contributed by atoms with Crippen molar-refractivity contribution in [1.82, 2.24) is 9.78 Å². The molecule has 0 N–H and O–H groups in total. The summed E-state index contributed by atoms with van der Waals surface area (Å²) in [5.74, 6) is 0. The topological polar surface area (TPSA) is 34.9 Å².